The molecule has 5 rings (SSSR count). The van der Waals surface area contributed by atoms with Crippen LogP contribution in [0.2, 0.25) is 0 Å². The van der Waals surface area contributed by atoms with Crippen molar-refractivity contribution in [3.05, 3.63) is 65.5 Å². The van der Waals surface area contributed by atoms with E-state index in [1.807, 2.05) is 54.3 Å². The number of fused-ring (bicyclic) bond motifs is 4. The highest BCUT2D eigenvalue weighted by molar-refractivity contribution is 6.19. The summed E-state index contributed by atoms with van der Waals surface area (Å²) in [5, 5.41) is 3.78. The molecule has 2 aliphatic heterocycles. The van der Waals surface area contributed by atoms with Gasteiger partial charge in [-0.05, 0) is 37.3 Å². The Labute approximate surface area is 155 Å². The number of amidine groups is 1. The first kappa shape index (κ1) is 15.6. The second kappa shape index (κ2) is 5.98. The first-order valence-electron chi connectivity index (χ1n) is 8.74. The van der Waals surface area contributed by atoms with E-state index >= 15 is 0 Å². The van der Waals surface area contributed by atoms with Crippen LogP contribution in [-0.2, 0) is 0 Å². The van der Waals surface area contributed by atoms with Crippen LogP contribution >= 0.6 is 0 Å². The summed E-state index contributed by atoms with van der Waals surface area (Å²) in [5.41, 5.74) is 3.56. The van der Waals surface area contributed by atoms with E-state index in [-0.39, 0.29) is 5.91 Å². The third-order valence-electron chi connectivity index (χ3n) is 4.72. The van der Waals surface area contributed by atoms with Crippen molar-refractivity contribution in [3.8, 4) is 0 Å². The molecule has 27 heavy (non-hydrogen) atoms. The second-order valence-electron chi connectivity index (χ2n) is 6.44. The molecule has 132 valence electrons. The van der Waals surface area contributed by atoms with Gasteiger partial charge in [0.25, 0.3) is 5.91 Å². The summed E-state index contributed by atoms with van der Waals surface area (Å²) in [7, 11) is 0. The zero-order valence-electron chi connectivity index (χ0n) is 14.7. The van der Waals surface area contributed by atoms with Crippen LogP contribution in [-0.4, -0.2) is 45.7 Å². The lowest BCUT2D eigenvalue weighted by Gasteiger charge is -2.27. The highest BCUT2D eigenvalue weighted by atomic mass is 16.1. The summed E-state index contributed by atoms with van der Waals surface area (Å²) >= 11 is 0. The molecule has 1 N–H and O–H groups in total. The first-order valence-corrected chi connectivity index (χ1v) is 8.74. The van der Waals surface area contributed by atoms with Gasteiger partial charge in [0.1, 0.15) is 5.84 Å². The van der Waals surface area contributed by atoms with E-state index in [4.69, 9.17) is 0 Å². The van der Waals surface area contributed by atoms with Crippen molar-refractivity contribution in [1.82, 2.24) is 20.2 Å². The van der Waals surface area contributed by atoms with Crippen LogP contribution in [0.25, 0.3) is 11.0 Å². The van der Waals surface area contributed by atoms with E-state index < -0.39 is 0 Å². The average Bonchev–Trinajstić information content (AvgIpc) is 3.18. The highest BCUT2D eigenvalue weighted by Gasteiger charge is 2.30. The van der Waals surface area contributed by atoms with Crippen LogP contribution in [0.4, 0.5) is 5.69 Å². The molecule has 0 bridgehead atoms. The number of guanidine groups is 1. The molecule has 1 amide bonds. The monoisotopic (exact) mass is 356 g/mol. The number of pyridine rings is 2. The summed E-state index contributed by atoms with van der Waals surface area (Å²) in [6.45, 7) is 3.19. The SMILES string of the molecule is Cc1nc2ncccc2cc1C(=O)NC1=Nc2ccccc2C2=NCCN12. The Kier molecular flexibility index (Phi) is 3.46. The molecule has 0 atom stereocenters. The molecule has 0 radical (unpaired) electrons. The van der Waals surface area contributed by atoms with Crippen molar-refractivity contribution in [3.63, 3.8) is 0 Å². The number of para-hydroxylation sites is 1. The average molecular weight is 356 g/mol. The third kappa shape index (κ3) is 2.55. The standard InChI is InChI=1S/C20H16N6O/c1-12-15(11-13-5-4-8-21-17(13)23-12)19(27)25-20-24-16-7-3-2-6-14(16)18-22-9-10-26(18)20/h2-8,11H,9-10H2,1H3,(H,24,25,27). The molecule has 0 unspecified atom stereocenters. The molecule has 7 heteroatoms. The fourth-order valence-corrected chi connectivity index (χ4v) is 3.41. The molecule has 0 saturated heterocycles. The summed E-state index contributed by atoms with van der Waals surface area (Å²) in [6.07, 6.45) is 1.69. The Hall–Kier alpha value is -3.61. The van der Waals surface area contributed by atoms with E-state index in [0.29, 0.717) is 36.0 Å². The minimum Gasteiger partial charge on any atom is -0.294 e. The van der Waals surface area contributed by atoms with Gasteiger partial charge in [-0.25, -0.2) is 15.0 Å². The zero-order chi connectivity index (χ0) is 18.4. The van der Waals surface area contributed by atoms with E-state index in [9.17, 15) is 4.79 Å². The zero-order valence-corrected chi connectivity index (χ0v) is 14.7. The Balaban J connectivity index is 1.52. The molecule has 3 aromatic rings. The minimum absolute atomic E-state index is 0.241. The van der Waals surface area contributed by atoms with Crippen LogP contribution in [0.15, 0.2) is 58.6 Å². The predicted molar refractivity (Wildman–Crippen MR) is 103 cm³/mol. The van der Waals surface area contributed by atoms with Gasteiger partial charge in [0.2, 0.25) is 5.96 Å². The maximum Gasteiger partial charge on any atom is 0.259 e. The third-order valence-corrected chi connectivity index (χ3v) is 4.72. The van der Waals surface area contributed by atoms with Crippen molar-refractivity contribution in [2.75, 3.05) is 13.1 Å². The van der Waals surface area contributed by atoms with Crippen LogP contribution < -0.4 is 5.32 Å². The molecular weight excluding hydrogens is 340 g/mol. The normalized spacial score (nSPS) is 15.1. The Bertz CT molecular complexity index is 1150. The van der Waals surface area contributed by atoms with Crippen LogP contribution in [0, 0.1) is 6.92 Å². The number of carbonyl (C=O) groups excluding carboxylic acids is 1. The molecule has 7 nitrogen and oxygen atoms in total. The summed E-state index contributed by atoms with van der Waals surface area (Å²) in [5.74, 6) is 1.12. The Morgan fingerprint density at radius 3 is 3.00 bits per heavy atom. The molecule has 0 fully saturated rings. The lowest BCUT2D eigenvalue weighted by molar-refractivity contribution is 0.0973. The fraction of sp³-hybridized carbons (Fsp3) is 0.150. The van der Waals surface area contributed by atoms with E-state index in [2.05, 4.69) is 25.3 Å². The van der Waals surface area contributed by atoms with Gasteiger partial charge in [-0.1, -0.05) is 12.1 Å². The van der Waals surface area contributed by atoms with E-state index in [1.54, 1.807) is 6.20 Å². The molecule has 0 aliphatic carbocycles. The number of benzene rings is 1. The number of aromatic nitrogens is 2. The van der Waals surface area contributed by atoms with Gasteiger partial charge < -0.3 is 0 Å². The number of aryl methyl sites for hydroxylation is 1. The number of carbonyl (C=O) groups is 1. The molecule has 0 saturated carbocycles. The number of rotatable bonds is 1. The molecule has 2 aromatic heterocycles. The molecule has 0 spiro atoms. The molecular formula is C20H16N6O. The van der Waals surface area contributed by atoms with Crippen molar-refractivity contribution < 1.29 is 4.79 Å². The smallest absolute Gasteiger partial charge is 0.259 e. The summed E-state index contributed by atoms with van der Waals surface area (Å²) in [6, 6.07) is 13.4. The molecule has 2 aliphatic rings. The van der Waals surface area contributed by atoms with Gasteiger partial charge in [0, 0.05) is 23.7 Å². The number of hydrogen-bond acceptors (Lipinski definition) is 6. The lowest BCUT2D eigenvalue weighted by Crippen LogP contribution is -2.47. The number of amides is 1. The quantitative estimate of drug-likeness (QED) is 0.726. The van der Waals surface area contributed by atoms with Gasteiger partial charge in [0.15, 0.2) is 5.65 Å². The Morgan fingerprint density at radius 1 is 1.19 bits per heavy atom. The van der Waals surface area contributed by atoms with Gasteiger partial charge >= 0.3 is 0 Å². The fourth-order valence-electron chi connectivity index (χ4n) is 3.41. The van der Waals surface area contributed by atoms with Crippen molar-refractivity contribution in [2.45, 2.75) is 6.92 Å². The number of aliphatic imine (C=N–C) groups is 2. The maximum atomic E-state index is 13.0. The second-order valence-corrected chi connectivity index (χ2v) is 6.44. The van der Waals surface area contributed by atoms with Crippen molar-refractivity contribution in [2.24, 2.45) is 9.98 Å². The highest BCUT2D eigenvalue weighted by Crippen LogP contribution is 2.27. The van der Waals surface area contributed by atoms with E-state index in [1.165, 1.54) is 0 Å². The number of nitrogens with one attached hydrogen (secondary N) is 1. The maximum absolute atomic E-state index is 13.0. The van der Waals surface area contributed by atoms with Crippen molar-refractivity contribution >= 4 is 34.4 Å². The Morgan fingerprint density at radius 2 is 2.07 bits per heavy atom. The van der Waals surface area contributed by atoms with Crippen molar-refractivity contribution in [1.29, 1.82) is 0 Å². The van der Waals surface area contributed by atoms with Gasteiger partial charge in [-0.3, -0.25) is 20.0 Å². The number of hydrogen-bond donors (Lipinski definition) is 1. The van der Waals surface area contributed by atoms with Gasteiger partial charge in [-0.2, -0.15) is 0 Å². The topological polar surface area (TPSA) is 82.8 Å². The predicted octanol–water partition coefficient (Wildman–Crippen LogP) is 2.43. The number of nitrogens with zero attached hydrogens (tertiary/aromatic N) is 5. The van der Waals surface area contributed by atoms with Gasteiger partial charge in [-0.15, -0.1) is 0 Å². The van der Waals surface area contributed by atoms with Crippen LogP contribution in [0.5, 0.6) is 0 Å². The van der Waals surface area contributed by atoms with Gasteiger partial charge in [0.05, 0.1) is 23.5 Å². The first-order chi connectivity index (χ1) is 13.2. The minimum atomic E-state index is -0.241. The summed E-state index contributed by atoms with van der Waals surface area (Å²) < 4.78 is 0. The van der Waals surface area contributed by atoms with Crippen LogP contribution in [0.1, 0.15) is 21.6 Å². The van der Waals surface area contributed by atoms with Crippen LogP contribution in [0.3, 0.4) is 0 Å². The lowest BCUT2D eigenvalue weighted by atomic mass is 10.1. The van der Waals surface area contributed by atoms with E-state index in [0.717, 1.165) is 22.5 Å². The largest absolute Gasteiger partial charge is 0.294 e. The molecule has 1 aromatic carbocycles. The summed E-state index contributed by atoms with van der Waals surface area (Å²) in [4.78, 5) is 32.8. The molecule has 4 heterocycles.